The van der Waals surface area contributed by atoms with Crippen LogP contribution in [0.2, 0.25) is 0 Å². The van der Waals surface area contributed by atoms with Crippen LogP contribution in [-0.4, -0.2) is 27.5 Å². The smallest absolute Gasteiger partial charge is 0.149 e. The highest BCUT2D eigenvalue weighted by atomic mass is 79.9. The molecule has 1 unspecified atom stereocenters. The summed E-state index contributed by atoms with van der Waals surface area (Å²) >= 11 is 3.45. The summed E-state index contributed by atoms with van der Waals surface area (Å²) in [6.45, 7) is 3.79. The van der Waals surface area contributed by atoms with E-state index in [1.807, 2.05) is 19.9 Å². The lowest BCUT2D eigenvalue weighted by Gasteiger charge is -2.20. The van der Waals surface area contributed by atoms with E-state index in [-0.39, 0.29) is 5.75 Å². The fraction of sp³-hybridized carbons (Fsp3) is 0.500. The number of benzene rings is 1. The monoisotopic (exact) mass is 335 g/mol. The molecule has 1 atom stereocenters. The number of sulfone groups is 1. The topological polar surface area (TPSA) is 69.4 Å². The third kappa shape index (κ3) is 3.46. The molecule has 102 valence electrons. The lowest BCUT2D eigenvalue weighted by atomic mass is 9.98. The summed E-state index contributed by atoms with van der Waals surface area (Å²) in [6, 6.07) is 1.34. The second-order valence-electron chi connectivity index (χ2n) is 4.45. The molecule has 4 nitrogen and oxygen atoms in total. The van der Waals surface area contributed by atoms with E-state index in [1.54, 1.807) is 7.11 Å². The molecule has 18 heavy (non-hydrogen) atoms. The summed E-state index contributed by atoms with van der Waals surface area (Å²) in [4.78, 5) is 0. The molecule has 0 saturated carbocycles. The van der Waals surface area contributed by atoms with Crippen LogP contribution in [0.4, 0.5) is 0 Å². The van der Waals surface area contributed by atoms with Gasteiger partial charge in [0.05, 0.1) is 12.9 Å². The van der Waals surface area contributed by atoms with Gasteiger partial charge in [0.25, 0.3) is 0 Å². The van der Waals surface area contributed by atoms with Crippen molar-refractivity contribution >= 4 is 25.8 Å². The van der Waals surface area contributed by atoms with E-state index in [1.165, 1.54) is 6.26 Å². The maximum Gasteiger partial charge on any atom is 0.149 e. The minimum Gasteiger partial charge on any atom is -0.496 e. The van der Waals surface area contributed by atoms with Crippen molar-refractivity contribution in [2.24, 2.45) is 5.73 Å². The lowest BCUT2D eigenvalue weighted by molar-refractivity contribution is 0.403. The van der Waals surface area contributed by atoms with Crippen molar-refractivity contribution in [1.82, 2.24) is 0 Å². The van der Waals surface area contributed by atoms with Crippen LogP contribution in [-0.2, 0) is 9.84 Å². The first-order valence-electron chi connectivity index (χ1n) is 5.44. The molecule has 0 aliphatic rings. The Bertz CT molecular complexity index is 555. The van der Waals surface area contributed by atoms with Crippen LogP contribution in [0.25, 0.3) is 0 Å². The molecule has 1 aromatic rings. The fourth-order valence-corrected chi connectivity index (χ4v) is 3.38. The van der Waals surface area contributed by atoms with Crippen molar-refractivity contribution in [1.29, 1.82) is 0 Å². The normalized spacial score (nSPS) is 13.4. The molecule has 0 fully saturated rings. The lowest BCUT2D eigenvalue weighted by Crippen LogP contribution is -2.22. The molecule has 1 aromatic carbocycles. The van der Waals surface area contributed by atoms with Gasteiger partial charge in [0.1, 0.15) is 15.6 Å². The third-order valence-corrected chi connectivity index (χ3v) is 4.55. The molecule has 0 aromatic heterocycles. The Morgan fingerprint density at radius 3 is 2.44 bits per heavy atom. The van der Waals surface area contributed by atoms with Gasteiger partial charge in [0.15, 0.2) is 0 Å². The van der Waals surface area contributed by atoms with Crippen LogP contribution < -0.4 is 10.5 Å². The van der Waals surface area contributed by atoms with Crippen molar-refractivity contribution < 1.29 is 13.2 Å². The number of halogens is 1. The van der Waals surface area contributed by atoms with E-state index in [9.17, 15) is 8.42 Å². The zero-order chi connectivity index (χ0) is 14.1. The summed E-state index contributed by atoms with van der Waals surface area (Å²) in [6.07, 6.45) is 1.18. The summed E-state index contributed by atoms with van der Waals surface area (Å²) in [5, 5.41) is 0. The van der Waals surface area contributed by atoms with E-state index in [2.05, 4.69) is 15.9 Å². The fourth-order valence-electron chi connectivity index (χ4n) is 2.00. The summed E-state index contributed by atoms with van der Waals surface area (Å²) < 4.78 is 29.0. The van der Waals surface area contributed by atoms with E-state index in [0.717, 1.165) is 21.2 Å². The summed E-state index contributed by atoms with van der Waals surface area (Å²) in [7, 11) is -1.57. The molecule has 6 heteroatoms. The van der Waals surface area contributed by atoms with Crippen molar-refractivity contribution in [3.05, 3.63) is 27.2 Å². The van der Waals surface area contributed by atoms with E-state index >= 15 is 0 Å². The molecule has 0 bridgehead atoms. The molecule has 2 N–H and O–H groups in total. The maximum absolute atomic E-state index is 11.4. The van der Waals surface area contributed by atoms with Gasteiger partial charge < -0.3 is 10.5 Å². The van der Waals surface area contributed by atoms with Crippen molar-refractivity contribution in [2.45, 2.75) is 19.9 Å². The Morgan fingerprint density at radius 1 is 1.44 bits per heavy atom. The summed E-state index contributed by atoms with van der Waals surface area (Å²) in [5.41, 5.74) is 8.60. The Labute approximate surface area is 117 Å². The van der Waals surface area contributed by atoms with Crippen molar-refractivity contribution in [3.63, 3.8) is 0 Å². The third-order valence-electron chi connectivity index (χ3n) is 2.77. The number of hydrogen-bond donors (Lipinski definition) is 1. The number of hydrogen-bond acceptors (Lipinski definition) is 4. The average Bonchev–Trinajstić information content (AvgIpc) is 2.20. The zero-order valence-electron chi connectivity index (χ0n) is 11.0. The molecule has 0 saturated heterocycles. The largest absolute Gasteiger partial charge is 0.496 e. The highest BCUT2D eigenvalue weighted by Gasteiger charge is 2.22. The average molecular weight is 336 g/mol. The predicted molar refractivity (Wildman–Crippen MR) is 76.8 cm³/mol. The van der Waals surface area contributed by atoms with Gasteiger partial charge in [-0.3, -0.25) is 0 Å². The SMILES string of the molecule is COc1c(C)cc(Br)c(C)c1C(N)CS(C)(=O)=O. The Balaban J connectivity index is 3.38. The first kappa shape index (κ1) is 15.5. The molecule has 0 amide bonds. The van der Waals surface area contributed by atoms with Gasteiger partial charge >= 0.3 is 0 Å². The zero-order valence-corrected chi connectivity index (χ0v) is 13.4. The van der Waals surface area contributed by atoms with Gasteiger partial charge in [-0.1, -0.05) is 15.9 Å². The van der Waals surface area contributed by atoms with E-state index < -0.39 is 15.9 Å². The Kier molecular flexibility index (Phi) is 4.80. The highest BCUT2D eigenvalue weighted by Crippen LogP contribution is 2.35. The van der Waals surface area contributed by atoms with Crippen molar-refractivity contribution in [2.75, 3.05) is 19.1 Å². The molecule has 0 aliphatic heterocycles. The van der Waals surface area contributed by atoms with Gasteiger partial charge in [0.2, 0.25) is 0 Å². The van der Waals surface area contributed by atoms with Crippen LogP contribution in [0.3, 0.4) is 0 Å². The first-order valence-corrected chi connectivity index (χ1v) is 8.29. The highest BCUT2D eigenvalue weighted by molar-refractivity contribution is 9.10. The Morgan fingerprint density at radius 2 is 2.00 bits per heavy atom. The first-order chi connectivity index (χ1) is 8.17. The van der Waals surface area contributed by atoms with Gasteiger partial charge in [0, 0.05) is 22.3 Å². The number of aryl methyl sites for hydroxylation is 1. The molecule has 0 spiro atoms. The quantitative estimate of drug-likeness (QED) is 0.914. The van der Waals surface area contributed by atoms with Crippen LogP contribution >= 0.6 is 15.9 Å². The van der Waals surface area contributed by atoms with Crippen molar-refractivity contribution in [3.8, 4) is 5.75 Å². The standard InChI is InChI=1S/C12H18BrNO3S/c1-7-5-9(13)8(2)11(12(7)17-3)10(14)6-18(4,15)16/h5,10H,6,14H2,1-4H3. The van der Waals surface area contributed by atoms with Gasteiger partial charge in [-0.25, -0.2) is 8.42 Å². The molecular formula is C12H18BrNO3S. The molecule has 1 rings (SSSR count). The minimum atomic E-state index is -3.13. The van der Waals surface area contributed by atoms with Crippen LogP contribution in [0, 0.1) is 13.8 Å². The molecular weight excluding hydrogens is 318 g/mol. The second-order valence-corrected chi connectivity index (χ2v) is 7.49. The number of ether oxygens (including phenoxy) is 1. The number of nitrogens with two attached hydrogens (primary N) is 1. The predicted octanol–water partition coefficient (Wildman–Crippen LogP) is 2.12. The minimum absolute atomic E-state index is 0.0971. The number of methoxy groups -OCH3 is 1. The maximum atomic E-state index is 11.4. The Hall–Kier alpha value is -0.590. The van der Waals surface area contributed by atoms with E-state index in [0.29, 0.717) is 5.75 Å². The summed E-state index contributed by atoms with van der Waals surface area (Å²) in [5.74, 6) is 0.562. The number of rotatable bonds is 4. The van der Waals surface area contributed by atoms with Gasteiger partial charge in [-0.15, -0.1) is 0 Å². The van der Waals surface area contributed by atoms with Crippen LogP contribution in [0.1, 0.15) is 22.7 Å². The van der Waals surface area contributed by atoms with Crippen LogP contribution in [0.15, 0.2) is 10.5 Å². The molecule has 0 aliphatic carbocycles. The molecule has 0 heterocycles. The van der Waals surface area contributed by atoms with Gasteiger partial charge in [-0.2, -0.15) is 0 Å². The second kappa shape index (κ2) is 5.59. The van der Waals surface area contributed by atoms with Gasteiger partial charge in [-0.05, 0) is 31.0 Å². The van der Waals surface area contributed by atoms with E-state index in [4.69, 9.17) is 10.5 Å². The van der Waals surface area contributed by atoms with Crippen LogP contribution in [0.5, 0.6) is 5.75 Å². The molecule has 0 radical (unpaired) electrons.